The SMILES string of the molecule is CCNS(=O)(=O)c1cc(C(=O)N(Cc2ccccc2)Cc2ccccc2)ccc1OC. The van der Waals surface area contributed by atoms with Gasteiger partial charge in [0.2, 0.25) is 10.0 Å². The van der Waals surface area contributed by atoms with Crippen LogP contribution in [0, 0.1) is 0 Å². The maximum Gasteiger partial charge on any atom is 0.254 e. The zero-order chi connectivity index (χ0) is 22.3. The number of carbonyl (C=O) groups excluding carboxylic acids is 1. The molecule has 3 rings (SSSR count). The number of nitrogens with one attached hydrogen (secondary N) is 1. The lowest BCUT2D eigenvalue weighted by Gasteiger charge is -2.24. The fourth-order valence-corrected chi connectivity index (χ4v) is 4.51. The van der Waals surface area contributed by atoms with E-state index in [2.05, 4.69) is 4.72 Å². The summed E-state index contributed by atoms with van der Waals surface area (Å²) in [5.74, 6) is -0.0709. The Morgan fingerprint density at radius 1 is 0.903 bits per heavy atom. The Balaban J connectivity index is 1.98. The summed E-state index contributed by atoms with van der Waals surface area (Å²) in [7, 11) is -2.40. The minimum atomic E-state index is -3.80. The fourth-order valence-electron chi connectivity index (χ4n) is 3.28. The molecule has 0 aliphatic rings. The van der Waals surface area contributed by atoms with E-state index in [-0.39, 0.29) is 28.7 Å². The van der Waals surface area contributed by atoms with Crippen molar-refractivity contribution in [2.75, 3.05) is 13.7 Å². The van der Waals surface area contributed by atoms with Crippen molar-refractivity contribution in [2.24, 2.45) is 0 Å². The Morgan fingerprint density at radius 3 is 1.94 bits per heavy atom. The van der Waals surface area contributed by atoms with Crippen molar-refractivity contribution in [3.05, 3.63) is 95.6 Å². The van der Waals surface area contributed by atoms with Crippen molar-refractivity contribution in [3.8, 4) is 5.75 Å². The molecular formula is C24H26N2O4S. The van der Waals surface area contributed by atoms with Gasteiger partial charge in [-0.15, -0.1) is 0 Å². The predicted octanol–water partition coefficient (Wildman–Crippen LogP) is 3.84. The van der Waals surface area contributed by atoms with E-state index in [0.717, 1.165) is 11.1 Å². The maximum absolute atomic E-state index is 13.5. The summed E-state index contributed by atoms with van der Waals surface area (Å²) in [5, 5.41) is 0. The quantitative estimate of drug-likeness (QED) is 0.551. The highest BCUT2D eigenvalue weighted by Crippen LogP contribution is 2.26. The molecule has 1 amide bonds. The average Bonchev–Trinajstić information content (AvgIpc) is 2.79. The molecule has 0 atom stereocenters. The first-order chi connectivity index (χ1) is 14.9. The highest BCUT2D eigenvalue weighted by atomic mass is 32.2. The Bertz CT molecular complexity index is 1080. The van der Waals surface area contributed by atoms with Crippen LogP contribution in [0.3, 0.4) is 0 Å². The van der Waals surface area contributed by atoms with Crippen LogP contribution >= 0.6 is 0 Å². The van der Waals surface area contributed by atoms with Gasteiger partial charge in [-0.3, -0.25) is 4.79 Å². The third-order valence-corrected chi connectivity index (χ3v) is 6.32. The monoisotopic (exact) mass is 438 g/mol. The van der Waals surface area contributed by atoms with Gasteiger partial charge >= 0.3 is 0 Å². The number of rotatable bonds is 9. The van der Waals surface area contributed by atoms with Gasteiger partial charge in [0.25, 0.3) is 5.91 Å². The van der Waals surface area contributed by atoms with Crippen molar-refractivity contribution in [1.82, 2.24) is 9.62 Å². The van der Waals surface area contributed by atoms with Gasteiger partial charge in [0.1, 0.15) is 10.6 Å². The lowest BCUT2D eigenvalue weighted by Crippen LogP contribution is -2.30. The number of hydrogen-bond acceptors (Lipinski definition) is 4. The number of ether oxygens (including phenoxy) is 1. The minimum Gasteiger partial charge on any atom is -0.495 e. The summed E-state index contributed by atoms with van der Waals surface area (Å²) >= 11 is 0. The highest BCUT2D eigenvalue weighted by molar-refractivity contribution is 7.89. The van der Waals surface area contributed by atoms with Gasteiger partial charge in [0.05, 0.1) is 7.11 Å². The molecule has 3 aromatic carbocycles. The second kappa shape index (κ2) is 10.2. The molecule has 0 bridgehead atoms. The smallest absolute Gasteiger partial charge is 0.254 e. The van der Waals surface area contributed by atoms with Crippen molar-refractivity contribution in [1.29, 1.82) is 0 Å². The molecule has 6 nitrogen and oxygen atoms in total. The molecule has 0 radical (unpaired) electrons. The summed E-state index contributed by atoms with van der Waals surface area (Å²) in [6.45, 7) is 2.73. The van der Waals surface area contributed by atoms with Crippen molar-refractivity contribution in [2.45, 2.75) is 24.9 Å². The summed E-state index contributed by atoms with van der Waals surface area (Å²) in [6.07, 6.45) is 0. The van der Waals surface area contributed by atoms with Crippen LogP contribution in [0.4, 0.5) is 0 Å². The number of carbonyl (C=O) groups is 1. The van der Waals surface area contributed by atoms with E-state index in [9.17, 15) is 13.2 Å². The number of amides is 1. The molecule has 0 unspecified atom stereocenters. The number of methoxy groups -OCH3 is 1. The second-order valence-electron chi connectivity index (χ2n) is 7.00. The Labute approximate surface area is 183 Å². The molecular weight excluding hydrogens is 412 g/mol. The molecule has 0 heterocycles. The number of nitrogens with zero attached hydrogens (tertiary/aromatic N) is 1. The van der Waals surface area contributed by atoms with Gasteiger partial charge < -0.3 is 9.64 Å². The molecule has 162 valence electrons. The highest BCUT2D eigenvalue weighted by Gasteiger charge is 2.23. The van der Waals surface area contributed by atoms with E-state index < -0.39 is 10.0 Å². The first kappa shape index (κ1) is 22.5. The average molecular weight is 439 g/mol. The standard InChI is InChI=1S/C24H26N2O4S/c1-3-25-31(28,29)23-16-21(14-15-22(23)30-2)24(27)26(17-19-10-6-4-7-11-19)18-20-12-8-5-9-13-20/h4-16,25H,3,17-18H2,1-2H3. The Hall–Kier alpha value is -3.16. The summed E-state index contributed by atoms with van der Waals surface area (Å²) < 4.78 is 32.9. The van der Waals surface area contributed by atoms with Crippen LogP contribution in [0.15, 0.2) is 83.8 Å². The minimum absolute atomic E-state index is 0.0536. The Kier molecular flexibility index (Phi) is 7.44. The normalized spacial score (nSPS) is 11.2. The van der Waals surface area contributed by atoms with E-state index >= 15 is 0 Å². The molecule has 0 aliphatic carbocycles. The predicted molar refractivity (Wildman–Crippen MR) is 120 cm³/mol. The summed E-state index contributed by atoms with van der Waals surface area (Å²) in [6, 6.07) is 23.9. The molecule has 3 aromatic rings. The molecule has 0 fully saturated rings. The third-order valence-electron chi connectivity index (χ3n) is 4.75. The molecule has 0 spiro atoms. The number of hydrogen-bond donors (Lipinski definition) is 1. The topological polar surface area (TPSA) is 75.7 Å². The van der Waals surface area contributed by atoms with Crippen molar-refractivity contribution in [3.63, 3.8) is 0 Å². The second-order valence-corrected chi connectivity index (χ2v) is 8.73. The van der Waals surface area contributed by atoms with Crippen LogP contribution in [0.5, 0.6) is 5.75 Å². The summed E-state index contributed by atoms with van der Waals surface area (Å²) in [5.41, 5.74) is 2.26. The molecule has 31 heavy (non-hydrogen) atoms. The van der Waals surface area contributed by atoms with Gasteiger partial charge in [-0.05, 0) is 29.3 Å². The zero-order valence-electron chi connectivity index (χ0n) is 17.6. The van der Waals surface area contributed by atoms with E-state index in [1.165, 1.54) is 19.2 Å². The van der Waals surface area contributed by atoms with Crippen LogP contribution in [0.1, 0.15) is 28.4 Å². The summed E-state index contributed by atoms with van der Waals surface area (Å²) in [4.78, 5) is 15.1. The zero-order valence-corrected chi connectivity index (χ0v) is 18.4. The molecule has 1 N–H and O–H groups in total. The van der Waals surface area contributed by atoms with E-state index in [0.29, 0.717) is 13.1 Å². The van der Waals surface area contributed by atoms with Gasteiger partial charge in [-0.2, -0.15) is 0 Å². The van der Waals surface area contributed by atoms with Crippen LogP contribution in [-0.2, 0) is 23.1 Å². The van der Waals surface area contributed by atoms with Crippen LogP contribution < -0.4 is 9.46 Å². The van der Waals surface area contributed by atoms with E-state index in [4.69, 9.17) is 4.74 Å². The lowest BCUT2D eigenvalue weighted by atomic mass is 10.1. The van der Waals surface area contributed by atoms with Gasteiger partial charge in [0, 0.05) is 25.2 Å². The van der Waals surface area contributed by atoms with Crippen LogP contribution in [0.25, 0.3) is 0 Å². The van der Waals surface area contributed by atoms with E-state index in [1.54, 1.807) is 17.9 Å². The first-order valence-electron chi connectivity index (χ1n) is 9.99. The van der Waals surface area contributed by atoms with E-state index in [1.807, 2.05) is 60.7 Å². The molecule has 0 aliphatic heterocycles. The number of sulfonamides is 1. The number of benzene rings is 3. The lowest BCUT2D eigenvalue weighted by molar-refractivity contribution is 0.0729. The van der Waals surface area contributed by atoms with Crippen molar-refractivity contribution >= 4 is 15.9 Å². The van der Waals surface area contributed by atoms with Crippen molar-refractivity contribution < 1.29 is 17.9 Å². The third kappa shape index (κ3) is 5.71. The maximum atomic E-state index is 13.5. The first-order valence-corrected chi connectivity index (χ1v) is 11.5. The van der Waals surface area contributed by atoms with Gasteiger partial charge in [-0.25, -0.2) is 13.1 Å². The van der Waals surface area contributed by atoms with Crippen LogP contribution in [0.2, 0.25) is 0 Å². The molecule has 0 saturated heterocycles. The molecule has 7 heteroatoms. The fraction of sp³-hybridized carbons (Fsp3) is 0.208. The Morgan fingerprint density at radius 2 is 1.45 bits per heavy atom. The van der Waals surface area contributed by atoms with Crippen LogP contribution in [-0.4, -0.2) is 32.9 Å². The molecule has 0 saturated carbocycles. The molecule has 0 aromatic heterocycles. The van der Waals surface area contributed by atoms with Gasteiger partial charge in [-0.1, -0.05) is 67.6 Å². The van der Waals surface area contributed by atoms with Gasteiger partial charge in [0.15, 0.2) is 0 Å². The largest absolute Gasteiger partial charge is 0.495 e.